The van der Waals surface area contributed by atoms with Crippen LogP contribution in [0.4, 0.5) is 5.69 Å². The summed E-state index contributed by atoms with van der Waals surface area (Å²) in [6.45, 7) is 6.05. The molecule has 9 nitrogen and oxygen atoms in total. The lowest BCUT2D eigenvalue weighted by Crippen LogP contribution is -2.38. The van der Waals surface area contributed by atoms with Crippen LogP contribution >= 0.6 is 0 Å². The summed E-state index contributed by atoms with van der Waals surface area (Å²) < 4.78 is 31.0. The standard InChI is InChI=1S/C46H44N2O7/c1-5-48(6-2)33-17-23-38-42(25-33)55-43-26-39(49)36-22-12-29(24-37(36)45(43)47-38)41-27-40(50)44(54-41)28-53-46(30-10-8-7-9-11-30,31-13-18-34(51-3)19-14-31)32-15-20-35(52-4)21-16-32/h7-26,40-41,44,50H,5-6,27-28H2,1-4H3/t40-,41+,44+/m0/s1. The van der Waals surface area contributed by atoms with E-state index in [1.165, 1.54) is 6.07 Å². The summed E-state index contributed by atoms with van der Waals surface area (Å²) in [7, 11) is 3.28. The van der Waals surface area contributed by atoms with Crippen LogP contribution in [0.25, 0.3) is 33.3 Å². The summed E-state index contributed by atoms with van der Waals surface area (Å²) in [6.07, 6.45) is -1.53. The summed E-state index contributed by atoms with van der Waals surface area (Å²) in [6, 6.07) is 38.9. The first-order valence-electron chi connectivity index (χ1n) is 18.7. The molecular formula is C46H44N2O7. The molecule has 0 aromatic heterocycles. The zero-order chi connectivity index (χ0) is 38.1. The van der Waals surface area contributed by atoms with Crippen LogP contribution < -0.4 is 19.8 Å². The van der Waals surface area contributed by atoms with E-state index >= 15 is 0 Å². The SMILES string of the molecule is CCN(CC)c1ccc2nc3c4cc([C@H]5C[C@H](O)[C@@H](COC(c6ccccc6)(c6ccc(OC)cc6)c6ccc(OC)cc6)O5)ccc4c(=O)cc-3oc2c1. The smallest absolute Gasteiger partial charge is 0.190 e. The third kappa shape index (κ3) is 6.69. The highest BCUT2D eigenvalue weighted by Gasteiger charge is 2.42. The second-order valence-electron chi connectivity index (χ2n) is 13.8. The van der Waals surface area contributed by atoms with E-state index in [1.54, 1.807) is 14.2 Å². The lowest BCUT2D eigenvalue weighted by molar-refractivity contribution is -0.0827. The molecule has 0 saturated carbocycles. The molecule has 5 aromatic rings. The molecule has 0 unspecified atom stereocenters. The van der Waals surface area contributed by atoms with Gasteiger partial charge in [-0.15, -0.1) is 0 Å². The van der Waals surface area contributed by atoms with Gasteiger partial charge in [-0.1, -0.05) is 66.7 Å². The molecule has 1 aliphatic carbocycles. The van der Waals surface area contributed by atoms with E-state index in [1.807, 2.05) is 115 Å². The van der Waals surface area contributed by atoms with Crippen LogP contribution in [0.15, 0.2) is 131 Å². The maximum Gasteiger partial charge on any atom is 0.190 e. The van der Waals surface area contributed by atoms with Gasteiger partial charge in [-0.25, -0.2) is 4.98 Å². The van der Waals surface area contributed by atoms with E-state index < -0.39 is 23.9 Å². The van der Waals surface area contributed by atoms with E-state index in [2.05, 4.69) is 18.7 Å². The Hall–Kier alpha value is -5.74. The van der Waals surface area contributed by atoms with Crippen LogP contribution in [0, 0.1) is 0 Å². The Morgan fingerprint density at radius 2 is 1.44 bits per heavy atom. The Morgan fingerprint density at radius 3 is 2.07 bits per heavy atom. The maximum absolute atomic E-state index is 13.3. The number of hydrogen-bond acceptors (Lipinski definition) is 9. The first-order chi connectivity index (χ1) is 26.8. The van der Waals surface area contributed by atoms with Crippen LogP contribution in [0.5, 0.6) is 11.5 Å². The molecule has 1 fully saturated rings. The fraction of sp³-hybridized carbons (Fsp3) is 0.261. The lowest BCUT2D eigenvalue weighted by atomic mass is 9.80. The van der Waals surface area contributed by atoms with E-state index in [-0.39, 0.29) is 12.0 Å². The molecule has 280 valence electrons. The molecule has 2 aliphatic heterocycles. The van der Waals surface area contributed by atoms with Crippen molar-refractivity contribution >= 4 is 27.6 Å². The number of fused-ring (bicyclic) bond motifs is 4. The molecule has 0 spiro atoms. The molecule has 2 heterocycles. The first-order valence-corrected chi connectivity index (χ1v) is 18.7. The van der Waals surface area contributed by atoms with Crippen LogP contribution in [0.1, 0.15) is 48.6 Å². The fourth-order valence-electron chi connectivity index (χ4n) is 7.84. The molecule has 0 radical (unpaired) electrons. The number of anilines is 1. The molecule has 55 heavy (non-hydrogen) atoms. The Kier molecular flexibility index (Phi) is 10.0. The van der Waals surface area contributed by atoms with Crippen molar-refractivity contribution in [2.75, 3.05) is 38.8 Å². The largest absolute Gasteiger partial charge is 0.497 e. The van der Waals surface area contributed by atoms with Crippen molar-refractivity contribution in [2.24, 2.45) is 0 Å². The Morgan fingerprint density at radius 1 is 0.782 bits per heavy atom. The zero-order valence-electron chi connectivity index (χ0n) is 31.4. The van der Waals surface area contributed by atoms with Gasteiger partial charge >= 0.3 is 0 Å². The number of rotatable bonds is 12. The number of aromatic nitrogens is 1. The van der Waals surface area contributed by atoms with Crippen LogP contribution in [0.2, 0.25) is 0 Å². The van der Waals surface area contributed by atoms with Crippen LogP contribution in [0.3, 0.4) is 0 Å². The van der Waals surface area contributed by atoms with E-state index in [0.717, 1.165) is 52.5 Å². The molecule has 0 bridgehead atoms. The fourth-order valence-corrected chi connectivity index (χ4v) is 7.84. The second kappa shape index (κ2) is 15.2. The van der Waals surface area contributed by atoms with Gasteiger partial charge in [-0.2, -0.15) is 0 Å². The third-order valence-corrected chi connectivity index (χ3v) is 10.8. The topological polar surface area (TPSA) is 103 Å². The molecule has 9 heteroatoms. The van der Waals surface area contributed by atoms with Crippen molar-refractivity contribution in [1.29, 1.82) is 0 Å². The van der Waals surface area contributed by atoms with Crippen molar-refractivity contribution in [2.45, 2.75) is 44.2 Å². The Labute approximate surface area is 320 Å². The summed E-state index contributed by atoms with van der Waals surface area (Å²) in [5, 5.41) is 12.7. The van der Waals surface area contributed by atoms with Gasteiger partial charge in [-0.05, 0) is 78.6 Å². The zero-order valence-corrected chi connectivity index (χ0v) is 31.4. The van der Waals surface area contributed by atoms with Gasteiger partial charge in [0.25, 0.3) is 0 Å². The van der Waals surface area contributed by atoms with E-state index in [4.69, 9.17) is 28.3 Å². The normalized spacial score (nSPS) is 17.2. The summed E-state index contributed by atoms with van der Waals surface area (Å²) >= 11 is 0. The number of benzene rings is 6. The average molecular weight is 737 g/mol. The number of nitrogens with zero attached hydrogens (tertiary/aromatic N) is 2. The molecule has 3 atom stereocenters. The number of ether oxygens (including phenoxy) is 4. The average Bonchev–Trinajstić information content (AvgIpc) is 3.61. The molecule has 8 rings (SSSR count). The van der Waals surface area contributed by atoms with Crippen LogP contribution in [-0.4, -0.2) is 56.2 Å². The third-order valence-electron chi connectivity index (χ3n) is 10.8. The van der Waals surface area contributed by atoms with Gasteiger partial charge in [0.1, 0.15) is 34.4 Å². The number of aliphatic hydroxyl groups excluding tert-OH is 1. The van der Waals surface area contributed by atoms with Gasteiger partial charge < -0.3 is 33.4 Å². The molecule has 1 N–H and O–H groups in total. The minimum atomic E-state index is -1.06. The van der Waals surface area contributed by atoms with Crippen molar-refractivity contribution in [3.05, 3.63) is 154 Å². The lowest BCUT2D eigenvalue weighted by Gasteiger charge is -2.37. The summed E-state index contributed by atoms with van der Waals surface area (Å²) in [5.41, 5.74) is 5.28. The molecule has 5 aromatic carbocycles. The summed E-state index contributed by atoms with van der Waals surface area (Å²) in [4.78, 5) is 20.6. The van der Waals surface area contributed by atoms with Crippen molar-refractivity contribution < 1.29 is 28.5 Å². The minimum Gasteiger partial charge on any atom is -0.497 e. The minimum absolute atomic E-state index is 0.0910. The predicted octanol–water partition coefficient (Wildman–Crippen LogP) is 8.51. The predicted molar refractivity (Wildman–Crippen MR) is 214 cm³/mol. The number of aliphatic hydroxyl groups is 1. The monoisotopic (exact) mass is 736 g/mol. The van der Waals surface area contributed by atoms with Gasteiger partial charge in [0.15, 0.2) is 16.8 Å². The van der Waals surface area contributed by atoms with Crippen molar-refractivity contribution in [1.82, 2.24) is 4.98 Å². The van der Waals surface area contributed by atoms with E-state index in [0.29, 0.717) is 39.7 Å². The van der Waals surface area contributed by atoms with Gasteiger partial charge in [0.05, 0.1) is 33.0 Å². The Bertz CT molecular complexity index is 2400. The second-order valence-corrected chi connectivity index (χ2v) is 13.8. The Balaban J connectivity index is 1.13. The van der Waals surface area contributed by atoms with Crippen molar-refractivity contribution in [3.8, 4) is 23.0 Å². The van der Waals surface area contributed by atoms with Gasteiger partial charge in [0.2, 0.25) is 0 Å². The number of methoxy groups -OCH3 is 2. The van der Waals surface area contributed by atoms with E-state index in [9.17, 15) is 9.90 Å². The molecule has 0 amide bonds. The van der Waals surface area contributed by atoms with Crippen LogP contribution in [-0.2, 0) is 15.1 Å². The van der Waals surface area contributed by atoms with Gasteiger partial charge in [-0.3, -0.25) is 4.79 Å². The first kappa shape index (κ1) is 36.2. The highest BCUT2D eigenvalue weighted by Crippen LogP contribution is 2.44. The van der Waals surface area contributed by atoms with Gasteiger partial charge in [0, 0.05) is 48.1 Å². The highest BCUT2D eigenvalue weighted by molar-refractivity contribution is 5.97. The quantitative estimate of drug-likeness (QED) is 0.0752. The number of hydrogen-bond donors (Lipinski definition) is 1. The maximum atomic E-state index is 13.3. The molecule has 3 aliphatic rings. The van der Waals surface area contributed by atoms with Crippen molar-refractivity contribution in [3.63, 3.8) is 0 Å². The molecular weight excluding hydrogens is 693 g/mol. The summed E-state index contributed by atoms with van der Waals surface area (Å²) in [5.74, 6) is 1.88. The highest BCUT2D eigenvalue weighted by atomic mass is 16.6. The molecule has 1 saturated heterocycles.